The van der Waals surface area contributed by atoms with E-state index in [2.05, 4.69) is 46.2 Å². The molecule has 1 fully saturated rings. The van der Waals surface area contributed by atoms with Crippen LogP contribution in [0.25, 0.3) is 0 Å². The first-order valence-electron chi connectivity index (χ1n) is 9.72. The summed E-state index contributed by atoms with van der Waals surface area (Å²) in [6, 6.07) is 9.93. The second kappa shape index (κ2) is 12.1. The number of nitrogens with one attached hydrogen (secondary N) is 3. The normalized spacial score (nSPS) is 16.2. The fraction of sp³-hybridized carbons (Fsp3) is 0.429. The van der Waals surface area contributed by atoms with Crippen LogP contribution in [0.4, 0.5) is 5.69 Å². The molecular formula is C21H29IN4O2S. The Morgan fingerprint density at radius 3 is 2.86 bits per heavy atom. The first-order valence-corrected chi connectivity index (χ1v) is 10.6. The number of hydrogen-bond donors (Lipinski definition) is 3. The molecule has 158 valence electrons. The standard InChI is InChI=1S/C21H28N4O2S.HI/c1-3-22-21(24-14-19-15(2)9-11-28-19)23-13-16-6-4-7-17(12-16)25-20(26)18-8-5-10-27-18;/h4,6-7,9,11-12,18H,3,5,8,10,13-14H2,1-2H3,(H,25,26)(H2,22,23,24);1H. The van der Waals surface area contributed by atoms with E-state index in [9.17, 15) is 4.79 Å². The molecule has 2 aromatic rings. The lowest BCUT2D eigenvalue weighted by atomic mass is 10.2. The van der Waals surface area contributed by atoms with Crippen molar-refractivity contribution in [3.8, 4) is 0 Å². The minimum Gasteiger partial charge on any atom is -0.368 e. The lowest BCUT2D eigenvalue weighted by molar-refractivity contribution is -0.124. The van der Waals surface area contributed by atoms with Crippen LogP contribution >= 0.6 is 35.3 Å². The molecule has 1 aromatic heterocycles. The average Bonchev–Trinajstić information content (AvgIpc) is 3.36. The van der Waals surface area contributed by atoms with Crippen molar-refractivity contribution < 1.29 is 9.53 Å². The molecule has 1 unspecified atom stereocenters. The highest BCUT2D eigenvalue weighted by atomic mass is 127. The molecule has 3 N–H and O–H groups in total. The molecule has 1 aliphatic heterocycles. The molecule has 2 heterocycles. The van der Waals surface area contributed by atoms with Gasteiger partial charge in [-0.1, -0.05) is 12.1 Å². The predicted octanol–water partition coefficient (Wildman–Crippen LogP) is 4.05. The Morgan fingerprint density at radius 2 is 2.17 bits per heavy atom. The molecule has 1 atom stereocenters. The number of hydrogen-bond acceptors (Lipinski definition) is 4. The number of anilines is 1. The zero-order valence-corrected chi connectivity index (χ0v) is 20.0. The number of rotatable bonds is 7. The zero-order valence-electron chi connectivity index (χ0n) is 16.9. The average molecular weight is 528 g/mol. The quantitative estimate of drug-likeness (QED) is 0.288. The van der Waals surface area contributed by atoms with Crippen LogP contribution in [0.3, 0.4) is 0 Å². The van der Waals surface area contributed by atoms with E-state index in [1.54, 1.807) is 11.3 Å². The molecule has 8 heteroatoms. The molecule has 1 aromatic carbocycles. The largest absolute Gasteiger partial charge is 0.368 e. The fourth-order valence-corrected chi connectivity index (χ4v) is 3.86. The minimum atomic E-state index is -0.327. The smallest absolute Gasteiger partial charge is 0.253 e. The van der Waals surface area contributed by atoms with Crippen molar-refractivity contribution in [2.45, 2.75) is 45.9 Å². The molecule has 0 radical (unpaired) electrons. The van der Waals surface area contributed by atoms with Crippen LogP contribution in [0.15, 0.2) is 40.7 Å². The molecule has 1 aliphatic rings. The lowest BCUT2D eigenvalue weighted by Gasteiger charge is -2.12. The van der Waals surface area contributed by atoms with Gasteiger partial charge in [-0.25, -0.2) is 4.99 Å². The maximum Gasteiger partial charge on any atom is 0.253 e. The van der Waals surface area contributed by atoms with Crippen LogP contribution < -0.4 is 16.0 Å². The Labute approximate surface area is 193 Å². The van der Waals surface area contributed by atoms with E-state index in [0.717, 1.165) is 43.1 Å². The number of aliphatic imine (C=N–C) groups is 1. The Balaban J connectivity index is 0.00000300. The number of thiophene rings is 1. The molecule has 3 rings (SSSR count). The van der Waals surface area contributed by atoms with Crippen molar-refractivity contribution >= 4 is 52.9 Å². The number of carbonyl (C=O) groups excluding carboxylic acids is 1. The van der Waals surface area contributed by atoms with Gasteiger partial charge in [0, 0.05) is 23.7 Å². The summed E-state index contributed by atoms with van der Waals surface area (Å²) in [5, 5.41) is 11.7. The van der Waals surface area contributed by atoms with Gasteiger partial charge in [-0.3, -0.25) is 4.79 Å². The molecule has 0 saturated carbocycles. The number of carbonyl (C=O) groups is 1. The van der Waals surface area contributed by atoms with Gasteiger partial charge in [0.05, 0.1) is 13.1 Å². The minimum absolute atomic E-state index is 0. The van der Waals surface area contributed by atoms with Crippen molar-refractivity contribution in [2.75, 3.05) is 18.5 Å². The van der Waals surface area contributed by atoms with Gasteiger partial charge in [-0.15, -0.1) is 35.3 Å². The first kappa shape index (κ1) is 23.6. The van der Waals surface area contributed by atoms with Gasteiger partial charge in [-0.2, -0.15) is 0 Å². The molecule has 6 nitrogen and oxygen atoms in total. The Bertz CT molecular complexity index is 819. The maximum absolute atomic E-state index is 12.2. The van der Waals surface area contributed by atoms with Crippen molar-refractivity contribution in [3.63, 3.8) is 0 Å². The molecule has 0 spiro atoms. The SMILES string of the molecule is CCNC(=NCc1cccc(NC(=O)C2CCCO2)c1)NCc1sccc1C.I. The molecule has 29 heavy (non-hydrogen) atoms. The zero-order chi connectivity index (χ0) is 19.8. The highest BCUT2D eigenvalue weighted by molar-refractivity contribution is 14.0. The summed E-state index contributed by atoms with van der Waals surface area (Å²) in [5.41, 5.74) is 3.11. The summed E-state index contributed by atoms with van der Waals surface area (Å²) in [7, 11) is 0. The van der Waals surface area contributed by atoms with Gasteiger partial charge in [0.25, 0.3) is 5.91 Å². The number of amides is 1. The summed E-state index contributed by atoms with van der Waals surface area (Å²) in [6.45, 7) is 6.92. The van der Waals surface area contributed by atoms with E-state index in [4.69, 9.17) is 4.74 Å². The third-order valence-corrected chi connectivity index (χ3v) is 5.59. The molecule has 1 saturated heterocycles. The van der Waals surface area contributed by atoms with Crippen LogP contribution in [0.5, 0.6) is 0 Å². The number of guanidine groups is 1. The van der Waals surface area contributed by atoms with Gasteiger partial charge in [0.1, 0.15) is 6.10 Å². The Kier molecular flexibility index (Phi) is 9.89. The predicted molar refractivity (Wildman–Crippen MR) is 130 cm³/mol. The first-order chi connectivity index (χ1) is 13.7. The maximum atomic E-state index is 12.2. The molecule has 0 bridgehead atoms. The van der Waals surface area contributed by atoms with Gasteiger partial charge >= 0.3 is 0 Å². The van der Waals surface area contributed by atoms with Crippen LogP contribution in [-0.2, 0) is 22.6 Å². The summed E-state index contributed by atoms with van der Waals surface area (Å²) >= 11 is 1.75. The number of aryl methyl sites for hydroxylation is 1. The van der Waals surface area contributed by atoms with E-state index in [0.29, 0.717) is 13.2 Å². The third-order valence-electron chi connectivity index (χ3n) is 4.57. The van der Waals surface area contributed by atoms with Crippen LogP contribution in [0.1, 0.15) is 35.8 Å². The number of ether oxygens (including phenoxy) is 1. The van der Waals surface area contributed by atoms with E-state index < -0.39 is 0 Å². The van der Waals surface area contributed by atoms with Gasteiger partial charge < -0.3 is 20.7 Å². The summed E-state index contributed by atoms with van der Waals surface area (Å²) < 4.78 is 5.44. The molecule has 0 aliphatic carbocycles. The Morgan fingerprint density at radius 1 is 1.31 bits per heavy atom. The highest BCUT2D eigenvalue weighted by Gasteiger charge is 2.23. The summed E-state index contributed by atoms with van der Waals surface area (Å²) in [5.74, 6) is 0.712. The summed E-state index contributed by atoms with van der Waals surface area (Å²) in [4.78, 5) is 18.2. The number of nitrogens with zero attached hydrogens (tertiary/aromatic N) is 1. The van der Waals surface area contributed by atoms with E-state index in [-0.39, 0.29) is 36.0 Å². The summed E-state index contributed by atoms with van der Waals surface area (Å²) in [6.07, 6.45) is 1.40. The molecular weight excluding hydrogens is 499 g/mol. The number of halogens is 1. The van der Waals surface area contributed by atoms with Crippen molar-refractivity contribution in [1.29, 1.82) is 0 Å². The van der Waals surface area contributed by atoms with Gasteiger partial charge in [-0.05, 0) is 61.4 Å². The van der Waals surface area contributed by atoms with E-state index >= 15 is 0 Å². The topological polar surface area (TPSA) is 74.8 Å². The highest BCUT2D eigenvalue weighted by Crippen LogP contribution is 2.17. The second-order valence-electron chi connectivity index (χ2n) is 6.77. The van der Waals surface area contributed by atoms with Crippen LogP contribution in [-0.4, -0.2) is 31.1 Å². The third kappa shape index (κ3) is 7.27. The second-order valence-corrected chi connectivity index (χ2v) is 7.77. The van der Waals surface area contributed by atoms with Crippen molar-refractivity contribution in [3.05, 3.63) is 51.7 Å². The van der Waals surface area contributed by atoms with Gasteiger partial charge in [0.15, 0.2) is 5.96 Å². The van der Waals surface area contributed by atoms with Crippen molar-refractivity contribution in [2.24, 2.45) is 4.99 Å². The lowest BCUT2D eigenvalue weighted by Crippen LogP contribution is -2.36. The Hall–Kier alpha value is -1.65. The van der Waals surface area contributed by atoms with Crippen LogP contribution in [0, 0.1) is 6.92 Å². The number of benzene rings is 1. The fourth-order valence-electron chi connectivity index (χ4n) is 3.02. The van der Waals surface area contributed by atoms with Crippen LogP contribution in [0.2, 0.25) is 0 Å². The molecule has 1 amide bonds. The van der Waals surface area contributed by atoms with Crippen molar-refractivity contribution in [1.82, 2.24) is 10.6 Å². The van der Waals surface area contributed by atoms with E-state index in [1.807, 2.05) is 24.3 Å². The van der Waals surface area contributed by atoms with E-state index in [1.165, 1.54) is 10.4 Å². The van der Waals surface area contributed by atoms with Gasteiger partial charge in [0.2, 0.25) is 0 Å². The monoisotopic (exact) mass is 528 g/mol.